The fourth-order valence-electron chi connectivity index (χ4n) is 1.12. The molecule has 0 aromatic carbocycles. The summed E-state index contributed by atoms with van der Waals surface area (Å²) in [4.78, 5) is 15.5. The molecule has 0 fully saturated rings. The molecule has 0 bridgehead atoms. The van der Waals surface area contributed by atoms with Gasteiger partial charge in [-0.05, 0) is 6.92 Å². The number of halogens is 1. The first kappa shape index (κ1) is 9.15. The van der Waals surface area contributed by atoms with Crippen LogP contribution < -0.4 is 0 Å². The molecular formula is C9H9ClN4. The van der Waals surface area contributed by atoms with Gasteiger partial charge in [-0.3, -0.25) is 0 Å². The molecule has 0 aliphatic carbocycles. The zero-order valence-corrected chi connectivity index (χ0v) is 8.41. The van der Waals surface area contributed by atoms with Gasteiger partial charge in [-0.15, -0.1) is 11.6 Å². The number of aromatic nitrogens is 4. The van der Waals surface area contributed by atoms with E-state index >= 15 is 0 Å². The first-order valence-corrected chi connectivity index (χ1v) is 4.73. The van der Waals surface area contributed by atoms with Crippen LogP contribution in [0.5, 0.6) is 0 Å². The molecule has 2 heterocycles. The number of alkyl halides is 1. The number of nitrogens with zero attached hydrogens (tertiary/aromatic N) is 3. The molecule has 5 heteroatoms. The maximum absolute atomic E-state index is 5.71. The van der Waals surface area contributed by atoms with Gasteiger partial charge in [-0.25, -0.2) is 15.0 Å². The predicted molar refractivity (Wildman–Crippen MR) is 53.9 cm³/mol. The van der Waals surface area contributed by atoms with Crippen LogP contribution in [0.25, 0.3) is 11.6 Å². The Hall–Kier alpha value is -1.42. The fraction of sp³-hybridized carbons (Fsp3) is 0.222. The Morgan fingerprint density at radius 1 is 1.43 bits per heavy atom. The second-order valence-corrected chi connectivity index (χ2v) is 3.14. The third-order valence-corrected chi connectivity index (χ3v) is 2.22. The van der Waals surface area contributed by atoms with Crippen LogP contribution in [0.1, 0.15) is 11.3 Å². The number of hydrogen-bond acceptors (Lipinski definition) is 3. The fourth-order valence-corrected chi connectivity index (χ4v) is 1.39. The van der Waals surface area contributed by atoms with E-state index in [9.17, 15) is 0 Å². The third kappa shape index (κ3) is 1.61. The number of aryl methyl sites for hydroxylation is 1. The molecule has 72 valence electrons. The van der Waals surface area contributed by atoms with Crippen molar-refractivity contribution in [3.05, 3.63) is 29.8 Å². The van der Waals surface area contributed by atoms with Gasteiger partial charge in [0.25, 0.3) is 0 Å². The molecule has 4 nitrogen and oxygen atoms in total. The van der Waals surface area contributed by atoms with Crippen LogP contribution in [0, 0.1) is 6.92 Å². The Morgan fingerprint density at radius 2 is 2.29 bits per heavy atom. The van der Waals surface area contributed by atoms with Gasteiger partial charge in [0.1, 0.15) is 0 Å². The average molecular weight is 209 g/mol. The first-order valence-electron chi connectivity index (χ1n) is 4.19. The lowest BCUT2D eigenvalue weighted by atomic mass is 10.3. The standard InChI is InChI=1S/C9H9ClN4/c1-6-7(4-10)5-13-9(14-6)8-11-2-3-12-8/h2-3,5H,4H2,1H3,(H,11,12). The number of aromatic amines is 1. The minimum absolute atomic E-state index is 0.435. The van der Waals surface area contributed by atoms with E-state index in [1.165, 1.54) is 0 Å². The van der Waals surface area contributed by atoms with Crippen molar-refractivity contribution in [2.75, 3.05) is 0 Å². The maximum atomic E-state index is 5.71. The van der Waals surface area contributed by atoms with E-state index in [1.54, 1.807) is 18.6 Å². The van der Waals surface area contributed by atoms with Gasteiger partial charge in [-0.1, -0.05) is 0 Å². The van der Waals surface area contributed by atoms with E-state index < -0.39 is 0 Å². The summed E-state index contributed by atoms with van der Waals surface area (Å²) in [6, 6.07) is 0. The monoisotopic (exact) mass is 208 g/mol. The molecule has 0 saturated heterocycles. The Balaban J connectivity index is 2.43. The van der Waals surface area contributed by atoms with E-state index in [1.807, 2.05) is 6.92 Å². The van der Waals surface area contributed by atoms with E-state index in [2.05, 4.69) is 19.9 Å². The topological polar surface area (TPSA) is 54.5 Å². The van der Waals surface area contributed by atoms with E-state index in [0.29, 0.717) is 17.5 Å². The molecule has 2 aromatic rings. The van der Waals surface area contributed by atoms with Crippen molar-refractivity contribution in [1.29, 1.82) is 0 Å². The first-order chi connectivity index (χ1) is 6.81. The SMILES string of the molecule is Cc1nc(-c2ncc[nH]2)ncc1CCl. The summed E-state index contributed by atoms with van der Waals surface area (Å²) in [7, 11) is 0. The van der Waals surface area contributed by atoms with Crippen molar-refractivity contribution in [3.63, 3.8) is 0 Å². The normalized spacial score (nSPS) is 10.4. The Bertz CT molecular complexity index is 424. The second-order valence-electron chi connectivity index (χ2n) is 2.88. The van der Waals surface area contributed by atoms with Crippen LogP contribution in [0.4, 0.5) is 0 Å². The number of nitrogens with one attached hydrogen (secondary N) is 1. The quantitative estimate of drug-likeness (QED) is 0.768. The Morgan fingerprint density at radius 3 is 2.86 bits per heavy atom. The van der Waals surface area contributed by atoms with Crippen molar-refractivity contribution in [2.24, 2.45) is 0 Å². The summed E-state index contributed by atoms with van der Waals surface area (Å²) >= 11 is 5.71. The van der Waals surface area contributed by atoms with Crippen molar-refractivity contribution >= 4 is 11.6 Å². The zero-order chi connectivity index (χ0) is 9.97. The lowest BCUT2D eigenvalue weighted by Gasteiger charge is -2.01. The van der Waals surface area contributed by atoms with Crippen molar-refractivity contribution in [1.82, 2.24) is 19.9 Å². The Labute approximate surface area is 86.4 Å². The van der Waals surface area contributed by atoms with E-state index in [0.717, 1.165) is 11.3 Å². The molecule has 0 spiro atoms. The lowest BCUT2D eigenvalue weighted by molar-refractivity contribution is 1.04. The van der Waals surface area contributed by atoms with Gasteiger partial charge in [0.05, 0.1) is 5.88 Å². The molecule has 0 unspecified atom stereocenters. The highest BCUT2D eigenvalue weighted by Gasteiger charge is 2.05. The minimum Gasteiger partial charge on any atom is -0.342 e. The van der Waals surface area contributed by atoms with Gasteiger partial charge in [0, 0.05) is 29.8 Å². The van der Waals surface area contributed by atoms with Crippen LogP contribution in [0.2, 0.25) is 0 Å². The minimum atomic E-state index is 0.435. The highest BCUT2D eigenvalue weighted by molar-refractivity contribution is 6.17. The molecule has 0 amide bonds. The molecule has 1 N–H and O–H groups in total. The second kappa shape index (κ2) is 3.75. The molecule has 0 aliphatic rings. The summed E-state index contributed by atoms with van der Waals surface area (Å²) in [6.45, 7) is 1.91. The Kier molecular flexibility index (Phi) is 2.45. The molecular weight excluding hydrogens is 200 g/mol. The van der Waals surface area contributed by atoms with Crippen molar-refractivity contribution < 1.29 is 0 Å². The third-order valence-electron chi connectivity index (χ3n) is 1.93. The number of rotatable bonds is 2. The summed E-state index contributed by atoms with van der Waals surface area (Å²) in [6.07, 6.45) is 5.14. The highest BCUT2D eigenvalue weighted by atomic mass is 35.5. The van der Waals surface area contributed by atoms with E-state index in [4.69, 9.17) is 11.6 Å². The lowest BCUT2D eigenvalue weighted by Crippen LogP contribution is -1.97. The van der Waals surface area contributed by atoms with Gasteiger partial charge in [0.2, 0.25) is 0 Å². The van der Waals surface area contributed by atoms with Crippen LogP contribution in [0.15, 0.2) is 18.6 Å². The molecule has 14 heavy (non-hydrogen) atoms. The largest absolute Gasteiger partial charge is 0.342 e. The van der Waals surface area contributed by atoms with Gasteiger partial charge >= 0.3 is 0 Å². The van der Waals surface area contributed by atoms with Crippen LogP contribution in [0.3, 0.4) is 0 Å². The predicted octanol–water partition coefficient (Wildman–Crippen LogP) is 1.91. The molecule has 0 atom stereocenters. The molecule has 0 saturated carbocycles. The van der Waals surface area contributed by atoms with E-state index in [-0.39, 0.29) is 0 Å². The van der Waals surface area contributed by atoms with Crippen LogP contribution in [-0.2, 0) is 5.88 Å². The van der Waals surface area contributed by atoms with Gasteiger partial charge in [0.15, 0.2) is 11.6 Å². The molecule has 2 rings (SSSR count). The summed E-state index contributed by atoms with van der Waals surface area (Å²) in [5, 5.41) is 0. The molecule has 0 aliphatic heterocycles. The number of H-pyrrole nitrogens is 1. The average Bonchev–Trinajstić information content (AvgIpc) is 2.70. The zero-order valence-electron chi connectivity index (χ0n) is 7.66. The van der Waals surface area contributed by atoms with Crippen molar-refractivity contribution in [3.8, 4) is 11.6 Å². The van der Waals surface area contributed by atoms with Crippen LogP contribution in [-0.4, -0.2) is 19.9 Å². The van der Waals surface area contributed by atoms with Gasteiger partial charge in [-0.2, -0.15) is 0 Å². The smallest absolute Gasteiger partial charge is 0.195 e. The van der Waals surface area contributed by atoms with Crippen molar-refractivity contribution in [2.45, 2.75) is 12.8 Å². The molecule has 2 aromatic heterocycles. The van der Waals surface area contributed by atoms with Crippen LogP contribution >= 0.6 is 11.6 Å². The number of hydrogen-bond donors (Lipinski definition) is 1. The van der Waals surface area contributed by atoms with Gasteiger partial charge < -0.3 is 4.98 Å². The summed E-state index contributed by atoms with van der Waals surface area (Å²) < 4.78 is 0. The molecule has 0 radical (unpaired) electrons. The number of imidazole rings is 1. The summed E-state index contributed by atoms with van der Waals surface area (Å²) in [5.74, 6) is 1.71. The maximum Gasteiger partial charge on any atom is 0.195 e. The highest BCUT2D eigenvalue weighted by Crippen LogP contribution is 2.12. The summed E-state index contributed by atoms with van der Waals surface area (Å²) in [5.41, 5.74) is 1.84.